The molecular weight excluding hydrogens is 302 g/mol. The fraction of sp³-hybridized carbons (Fsp3) is 0.538. The van der Waals surface area contributed by atoms with Crippen molar-refractivity contribution in [2.24, 2.45) is 0 Å². The highest BCUT2D eigenvalue weighted by molar-refractivity contribution is 9.10. The van der Waals surface area contributed by atoms with Crippen LogP contribution in [0.3, 0.4) is 0 Å². The first-order valence-electron chi connectivity index (χ1n) is 5.82. The van der Waals surface area contributed by atoms with Crippen LogP contribution >= 0.6 is 27.5 Å². The van der Waals surface area contributed by atoms with Crippen LogP contribution < -0.4 is 10.1 Å². The Morgan fingerprint density at radius 3 is 2.71 bits per heavy atom. The van der Waals surface area contributed by atoms with E-state index in [4.69, 9.17) is 16.3 Å². The van der Waals surface area contributed by atoms with Crippen LogP contribution in [0.4, 0.5) is 0 Å². The van der Waals surface area contributed by atoms with Crippen molar-refractivity contribution in [3.8, 4) is 5.75 Å². The van der Waals surface area contributed by atoms with Gasteiger partial charge in [0, 0.05) is 18.0 Å². The summed E-state index contributed by atoms with van der Waals surface area (Å²) in [5, 5.41) is 3.57. The van der Waals surface area contributed by atoms with Crippen LogP contribution in [0.2, 0.25) is 0 Å². The Morgan fingerprint density at radius 1 is 1.47 bits per heavy atom. The Morgan fingerprint density at radius 2 is 2.24 bits per heavy atom. The molecular formula is C13H17BrClNO. The molecule has 0 atom stereocenters. The summed E-state index contributed by atoms with van der Waals surface area (Å²) in [5.74, 6) is 1.56. The lowest BCUT2D eigenvalue weighted by molar-refractivity contribution is 0.211. The number of methoxy groups -OCH3 is 1. The topological polar surface area (TPSA) is 21.3 Å². The number of halogens is 2. The van der Waals surface area contributed by atoms with Crippen LogP contribution in [-0.4, -0.2) is 18.5 Å². The van der Waals surface area contributed by atoms with Gasteiger partial charge in [-0.25, -0.2) is 0 Å². The van der Waals surface area contributed by atoms with Crippen LogP contribution in [0.1, 0.15) is 24.8 Å². The van der Waals surface area contributed by atoms with Crippen molar-refractivity contribution < 1.29 is 4.74 Å². The normalized spacial score (nSPS) is 17.6. The minimum atomic E-state index is 0.175. The van der Waals surface area contributed by atoms with E-state index in [2.05, 4.69) is 33.4 Å². The monoisotopic (exact) mass is 317 g/mol. The van der Waals surface area contributed by atoms with Crippen LogP contribution in [0.15, 0.2) is 22.7 Å². The molecule has 1 fully saturated rings. The summed E-state index contributed by atoms with van der Waals surface area (Å²) in [6, 6.07) is 6.15. The highest BCUT2D eigenvalue weighted by Gasteiger charge is 2.35. The van der Waals surface area contributed by atoms with E-state index in [0.717, 1.165) is 16.8 Å². The van der Waals surface area contributed by atoms with E-state index in [1.807, 2.05) is 6.07 Å². The summed E-state index contributed by atoms with van der Waals surface area (Å²) < 4.78 is 6.20. The molecule has 2 nitrogen and oxygen atoms in total. The Kier molecular flexibility index (Phi) is 4.34. The highest BCUT2D eigenvalue weighted by Crippen LogP contribution is 2.33. The maximum Gasteiger partial charge on any atom is 0.133 e. The fourth-order valence-electron chi connectivity index (χ4n) is 2.07. The zero-order chi connectivity index (χ0) is 12.3. The van der Waals surface area contributed by atoms with Crippen molar-refractivity contribution in [1.82, 2.24) is 5.32 Å². The van der Waals surface area contributed by atoms with Gasteiger partial charge < -0.3 is 10.1 Å². The van der Waals surface area contributed by atoms with Crippen molar-refractivity contribution in [1.29, 1.82) is 0 Å². The Labute approximate surface area is 116 Å². The van der Waals surface area contributed by atoms with E-state index < -0.39 is 0 Å². The third kappa shape index (κ3) is 2.95. The minimum absolute atomic E-state index is 0.175. The number of hydrogen-bond donors (Lipinski definition) is 1. The van der Waals surface area contributed by atoms with Gasteiger partial charge >= 0.3 is 0 Å². The van der Waals surface area contributed by atoms with Gasteiger partial charge in [0.25, 0.3) is 0 Å². The molecule has 1 saturated carbocycles. The second-order valence-corrected chi connectivity index (χ2v) is 5.71. The molecule has 0 radical (unpaired) electrons. The fourth-order valence-corrected chi connectivity index (χ4v) is 3.02. The predicted molar refractivity (Wildman–Crippen MR) is 74.8 cm³/mol. The standard InChI is InChI=1S/C13H17BrClNO/c1-17-12-4-3-10(7-11(12)14)8-16-13(9-15)5-2-6-13/h3-4,7,16H,2,5-6,8-9H2,1H3. The Bertz CT molecular complexity index is 387. The molecule has 0 unspecified atom stereocenters. The quantitative estimate of drug-likeness (QED) is 0.836. The number of alkyl halides is 1. The summed E-state index contributed by atoms with van der Waals surface area (Å²) >= 11 is 9.51. The van der Waals surface area contributed by atoms with E-state index >= 15 is 0 Å². The van der Waals surface area contributed by atoms with Crippen LogP contribution in [0.5, 0.6) is 5.75 Å². The maximum atomic E-state index is 6.01. The highest BCUT2D eigenvalue weighted by atomic mass is 79.9. The van der Waals surface area contributed by atoms with Gasteiger partial charge in [-0.15, -0.1) is 11.6 Å². The molecule has 0 amide bonds. The van der Waals surface area contributed by atoms with Crippen molar-refractivity contribution in [3.63, 3.8) is 0 Å². The first-order chi connectivity index (χ1) is 8.19. The number of ether oxygens (including phenoxy) is 1. The van der Waals surface area contributed by atoms with Crippen LogP contribution in [0, 0.1) is 0 Å². The average molecular weight is 319 g/mol. The molecule has 0 aromatic heterocycles. The lowest BCUT2D eigenvalue weighted by atomic mass is 9.78. The summed E-state index contributed by atoms with van der Waals surface area (Å²) in [6.07, 6.45) is 3.66. The van der Waals surface area contributed by atoms with E-state index in [1.165, 1.54) is 24.8 Å². The number of rotatable bonds is 5. The van der Waals surface area contributed by atoms with Crippen LogP contribution in [0.25, 0.3) is 0 Å². The van der Waals surface area contributed by atoms with Crippen LogP contribution in [-0.2, 0) is 6.54 Å². The average Bonchev–Trinajstić information content (AvgIpc) is 2.28. The van der Waals surface area contributed by atoms with Gasteiger partial charge in [0.15, 0.2) is 0 Å². The minimum Gasteiger partial charge on any atom is -0.496 e. The zero-order valence-electron chi connectivity index (χ0n) is 9.93. The molecule has 0 bridgehead atoms. The molecule has 0 saturated heterocycles. The van der Waals surface area contributed by atoms with E-state index in [0.29, 0.717) is 5.88 Å². The molecule has 1 aromatic carbocycles. The van der Waals surface area contributed by atoms with Crippen molar-refractivity contribution >= 4 is 27.5 Å². The molecule has 17 heavy (non-hydrogen) atoms. The van der Waals surface area contributed by atoms with Crippen molar-refractivity contribution in [2.45, 2.75) is 31.3 Å². The van der Waals surface area contributed by atoms with Gasteiger partial charge in [-0.1, -0.05) is 6.07 Å². The van der Waals surface area contributed by atoms with Crippen molar-refractivity contribution in [2.75, 3.05) is 13.0 Å². The number of nitrogens with one attached hydrogen (secondary N) is 1. The predicted octanol–water partition coefficient (Wildman–Crippen LogP) is 3.71. The van der Waals surface area contributed by atoms with Gasteiger partial charge in [0.1, 0.15) is 5.75 Å². The molecule has 1 N–H and O–H groups in total. The van der Waals surface area contributed by atoms with Gasteiger partial charge in [-0.05, 0) is 52.9 Å². The second-order valence-electron chi connectivity index (χ2n) is 4.59. The molecule has 2 rings (SSSR count). The molecule has 4 heteroatoms. The lowest BCUT2D eigenvalue weighted by Gasteiger charge is -2.41. The summed E-state index contributed by atoms with van der Waals surface area (Å²) in [6.45, 7) is 0.856. The first-order valence-corrected chi connectivity index (χ1v) is 7.15. The maximum absolute atomic E-state index is 6.01. The SMILES string of the molecule is COc1ccc(CNC2(CCl)CCC2)cc1Br. The Hall–Kier alpha value is -0.250. The molecule has 0 aliphatic heterocycles. The summed E-state index contributed by atoms with van der Waals surface area (Å²) in [4.78, 5) is 0. The van der Waals surface area contributed by atoms with Gasteiger partial charge in [0.2, 0.25) is 0 Å². The number of hydrogen-bond acceptors (Lipinski definition) is 2. The lowest BCUT2D eigenvalue weighted by Crippen LogP contribution is -2.52. The van der Waals surface area contributed by atoms with Gasteiger partial charge in [-0.2, -0.15) is 0 Å². The summed E-state index contributed by atoms with van der Waals surface area (Å²) in [5.41, 5.74) is 1.42. The molecule has 0 spiro atoms. The smallest absolute Gasteiger partial charge is 0.133 e. The second kappa shape index (κ2) is 5.59. The molecule has 1 aliphatic carbocycles. The van der Waals surface area contributed by atoms with Crippen molar-refractivity contribution in [3.05, 3.63) is 28.2 Å². The Balaban J connectivity index is 1.97. The van der Waals surface area contributed by atoms with Gasteiger partial charge in [-0.3, -0.25) is 0 Å². The zero-order valence-corrected chi connectivity index (χ0v) is 12.3. The largest absolute Gasteiger partial charge is 0.496 e. The molecule has 1 aromatic rings. The van der Waals surface area contributed by atoms with E-state index in [9.17, 15) is 0 Å². The molecule has 94 valence electrons. The molecule has 0 heterocycles. The third-order valence-electron chi connectivity index (χ3n) is 3.45. The number of benzene rings is 1. The van der Waals surface area contributed by atoms with Gasteiger partial charge in [0.05, 0.1) is 11.6 Å². The molecule has 1 aliphatic rings. The third-order valence-corrected chi connectivity index (χ3v) is 4.58. The first kappa shape index (κ1) is 13.2. The van der Waals surface area contributed by atoms with E-state index in [1.54, 1.807) is 7.11 Å². The summed E-state index contributed by atoms with van der Waals surface area (Å²) in [7, 11) is 1.68. The van der Waals surface area contributed by atoms with E-state index in [-0.39, 0.29) is 5.54 Å².